The summed E-state index contributed by atoms with van der Waals surface area (Å²) < 4.78 is 14.6. The number of nitrogens with one attached hydrogen (secondary N) is 1. The molecule has 0 atom stereocenters. The molecule has 0 spiro atoms. The highest BCUT2D eigenvalue weighted by Gasteiger charge is 2.27. The fraction of sp³-hybridized carbons (Fsp3) is 0.250. The van der Waals surface area contributed by atoms with E-state index in [1.165, 1.54) is 17.0 Å². The summed E-state index contributed by atoms with van der Waals surface area (Å²) in [6.45, 7) is 0.310. The van der Waals surface area contributed by atoms with Gasteiger partial charge in [-0.3, -0.25) is 10.1 Å². The molecule has 1 aromatic heterocycles. The Balaban J connectivity index is 2.47. The third-order valence-electron chi connectivity index (χ3n) is 3.46. The Kier molecular flexibility index (Phi) is 6.97. The molecular weight excluding hydrogens is 421 g/mol. The zero-order valence-electron chi connectivity index (χ0n) is 13.9. The van der Waals surface area contributed by atoms with Crippen molar-refractivity contribution >= 4 is 38.9 Å². The van der Waals surface area contributed by atoms with Crippen molar-refractivity contribution in [2.75, 3.05) is 23.3 Å². The van der Waals surface area contributed by atoms with Gasteiger partial charge in [-0.15, -0.1) is 0 Å². The summed E-state index contributed by atoms with van der Waals surface area (Å²) in [6.07, 6.45) is 1.29. The van der Waals surface area contributed by atoms with Crippen LogP contribution >= 0.6 is 15.9 Å². The SMILES string of the molecule is N#CCCN(CCC#N)c1ncnc(Nc2ccc(Br)cc2F)c1[N+](=O)[O-]. The molecule has 138 valence electrons. The molecule has 0 aliphatic heterocycles. The van der Waals surface area contributed by atoms with Gasteiger partial charge in [0.1, 0.15) is 12.1 Å². The second kappa shape index (κ2) is 9.40. The summed E-state index contributed by atoms with van der Waals surface area (Å²) >= 11 is 3.14. The van der Waals surface area contributed by atoms with Crippen molar-refractivity contribution < 1.29 is 9.31 Å². The van der Waals surface area contributed by atoms with E-state index in [1.807, 2.05) is 12.1 Å². The molecule has 0 radical (unpaired) electrons. The Morgan fingerprint density at radius 2 is 1.93 bits per heavy atom. The van der Waals surface area contributed by atoms with Crippen LogP contribution in [-0.2, 0) is 0 Å². The van der Waals surface area contributed by atoms with Crippen molar-refractivity contribution in [3.8, 4) is 12.1 Å². The molecule has 0 saturated carbocycles. The quantitative estimate of drug-likeness (QED) is 0.492. The molecule has 0 bridgehead atoms. The third-order valence-corrected chi connectivity index (χ3v) is 3.95. The number of hydrogen-bond acceptors (Lipinski definition) is 8. The minimum Gasteiger partial charge on any atom is -0.349 e. The standard InChI is InChI=1S/C16H13BrFN7O2/c17-11-3-4-13(12(18)9-11)23-15-14(25(26)27)16(22-10-21-15)24(7-1-5-19)8-2-6-20/h3-4,9-10H,1-2,7-8H2,(H,21,22,23). The van der Waals surface area contributed by atoms with Crippen molar-refractivity contribution in [3.05, 3.63) is 44.9 Å². The summed E-state index contributed by atoms with van der Waals surface area (Å²) in [5.74, 6) is -0.852. The molecule has 1 N–H and O–H groups in total. The molecule has 0 amide bonds. The predicted molar refractivity (Wildman–Crippen MR) is 98.7 cm³/mol. The van der Waals surface area contributed by atoms with E-state index < -0.39 is 16.4 Å². The minimum absolute atomic E-state index is 0.00606. The Bertz CT molecular complexity index is 908. The van der Waals surface area contributed by atoms with Crippen LogP contribution in [0.4, 0.5) is 27.4 Å². The molecule has 2 rings (SSSR count). The molecule has 0 unspecified atom stereocenters. The normalized spacial score (nSPS) is 9.93. The lowest BCUT2D eigenvalue weighted by Crippen LogP contribution is -2.27. The number of anilines is 3. The molecular formula is C16H13BrFN7O2. The van der Waals surface area contributed by atoms with Gasteiger partial charge in [-0.2, -0.15) is 10.5 Å². The highest BCUT2D eigenvalue weighted by Crippen LogP contribution is 2.34. The largest absolute Gasteiger partial charge is 0.353 e. The van der Waals surface area contributed by atoms with E-state index in [0.29, 0.717) is 4.47 Å². The Morgan fingerprint density at radius 1 is 1.26 bits per heavy atom. The van der Waals surface area contributed by atoms with Crippen LogP contribution in [0.15, 0.2) is 29.0 Å². The Hall–Kier alpha value is -3.31. The first-order valence-corrected chi connectivity index (χ1v) is 8.47. The number of aromatic nitrogens is 2. The molecule has 2 aromatic rings. The number of halogens is 2. The number of nitrogens with zero attached hydrogens (tertiary/aromatic N) is 6. The van der Waals surface area contributed by atoms with Crippen molar-refractivity contribution in [1.82, 2.24) is 9.97 Å². The first-order chi connectivity index (χ1) is 13.0. The molecule has 27 heavy (non-hydrogen) atoms. The lowest BCUT2D eigenvalue weighted by Gasteiger charge is -2.21. The average molecular weight is 434 g/mol. The summed E-state index contributed by atoms with van der Waals surface area (Å²) in [5.41, 5.74) is -0.456. The smallest absolute Gasteiger partial charge is 0.349 e. The van der Waals surface area contributed by atoms with Gasteiger partial charge >= 0.3 is 5.69 Å². The van der Waals surface area contributed by atoms with Crippen LogP contribution in [0.5, 0.6) is 0 Å². The summed E-state index contributed by atoms with van der Waals surface area (Å²) in [5, 5.41) is 31.9. The van der Waals surface area contributed by atoms with Gasteiger partial charge in [-0.05, 0) is 18.2 Å². The van der Waals surface area contributed by atoms with E-state index in [1.54, 1.807) is 6.07 Å². The highest BCUT2D eigenvalue weighted by molar-refractivity contribution is 9.10. The van der Waals surface area contributed by atoms with Crippen LogP contribution < -0.4 is 10.2 Å². The Labute approximate surface area is 162 Å². The van der Waals surface area contributed by atoms with Gasteiger partial charge in [0, 0.05) is 17.6 Å². The monoisotopic (exact) mass is 433 g/mol. The lowest BCUT2D eigenvalue weighted by molar-refractivity contribution is -0.383. The summed E-state index contributed by atoms with van der Waals surface area (Å²) in [6, 6.07) is 8.10. The third kappa shape index (κ3) is 5.09. The van der Waals surface area contributed by atoms with E-state index in [-0.39, 0.29) is 43.3 Å². The second-order valence-corrected chi connectivity index (χ2v) is 6.12. The van der Waals surface area contributed by atoms with Gasteiger partial charge in [0.05, 0.1) is 35.6 Å². The number of hydrogen-bond donors (Lipinski definition) is 1. The zero-order chi connectivity index (χ0) is 19.8. The second-order valence-electron chi connectivity index (χ2n) is 5.20. The topological polar surface area (TPSA) is 132 Å². The van der Waals surface area contributed by atoms with Gasteiger partial charge in [0.2, 0.25) is 11.6 Å². The van der Waals surface area contributed by atoms with Gasteiger partial charge in [-0.25, -0.2) is 14.4 Å². The number of benzene rings is 1. The van der Waals surface area contributed by atoms with Crippen LogP contribution in [0.1, 0.15) is 12.8 Å². The lowest BCUT2D eigenvalue weighted by atomic mass is 10.3. The highest BCUT2D eigenvalue weighted by atomic mass is 79.9. The van der Waals surface area contributed by atoms with E-state index in [2.05, 4.69) is 31.2 Å². The zero-order valence-corrected chi connectivity index (χ0v) is 15.5. The van der Waals surface area contributed by atoms with E-state index in [9.17, 15) is 14.5 Å². The molecule has 0 saturated heterocycles. The number of nitriles is 2. The predicted octanol–water partition coefficient (Wildman–Crippen LogP) is 3.66. The molecule has 9 nitrogen and oxygen atoms in total. The van der Waals surface area contributed by atoms with E-state index in [0.717, 1.165) is 6.33 Å². The number of nitro groups is 1. The maximum Gasteiger partial charge on any atom is 0.353 e. The first kappa shape index (κ1) is 20.0. The van der Waals surface area contributed by atoms with Crippen LogP contribution in [0.25, 0.3) is 0 Å². The van der Waals surface area contributed by atoms with Crippen molar-refractivity contribution in [2.45, 2.75) is 12.8 Å². The molecule has 0 fully saturated rings. The fourth-order valence-corrected chi connectivity index (χ4v) is 2.61. The van der Waals surface area contributed by atoms with Gasteiger partial charge < -0.3 is 10.2 Å². The van der Waals surface area contributed by atoms with Crippen molar-refractivity contribution in [3.63, 3.8) is 0 Å². The molecule has 11 heteroatoms. The van der Waals surface area contributed by atoms with Crippen LogP contribution in [0.2, 0.25) is 0 Å². The van der Waals surface area contributed by atoms with Crippen LogP contribution in [-0.4, -0.2) is 28.0 Å². The number of rotatable bonds is 8. The van der Waals surface area contributed by atoms with E-state index >= 15 is 0 Å². The average Bonchev–Trinajstić information content (AvgIpc) is 2.64. The Morgan fingerprint density at radius 3 is 2.48 bits per heavy atom. The van der Waals surface area contributed by atoms with Gasteiger partial charge in [0.25, 0.3) is 0 Å². The fourth-order valence-electron chi connectivity index (χ4n) is 2.27. The summed E-state index contributed by atoms with van der Waals surface area (Å²) in [7, 11) is 0. The van der Waals surface area contributed by atoms with Crippen LogP contribution in [0.3, 0.4) is 0 Å². The molecule has 1 heterocycles. The van der Waals surface area contributed by atoms with Crippen LogP contribution in [0, 0.1) is 38.6 Å². The molecule has 0 aliphatic rings. The molecule has 1 aromatic carbocycles. The van der Waals surface area contributed by atoms with E-state index in [4.69, 9.17) is 10.5 Å². The van der Waals surface area contributed by atoms with Crippen molar-refractivity contribution in [1.29, 1.82) is 10.5 Å². The van der Waals surface area contributed by atoms with Gasteiger partial charge in [0.15, 0.2) is 0 Å². The van der Waals surface area contributed by atoms with Crippen molar-refractivity contribution in [2.24, 2.45) is 0 Å². The van der Waals surface area contributed by atoms with Gasteiger partial charge in [-0.1, -0.05) is 15.9 Å². The summed E-state index contributed by atoms with van der Waals surface area (Å²) in [4.78, 5) is 20.3. The maximum atomic E-state index is 14.1. The maximum absolute atomic E-state index is 14.1. The molecule has 0 aliphatic carbocycles. The first-order valence-electron chi connectivity index (χ1n) is 7.68. The minimum atomic E-state index is -0.680.